The molecule has 0 aliphatic heterocycles. The van der Waals surface area contributed by atoms with Crippen molar-refractivity contribution < 1.29 is 4.79 Å². The number of hydrogen-bond donors (Lipinski definition) is 0. The first-order valence-electron chi connectivity index (χ1n) is 10.8. The minimum atomic E-state index is 0. The summed E-state index contributed by atoms with van der Waals surface area (Å²) in [5.74, 6) is 1.05. The fourth-order valence-electron chi connectivity index (χ4n) is 3.32. The van der Waals surface area contributed by atoms with Crippen LogP contribution in [-0.4, -0.2) is 47.7 Å². The lowest BCUT2D eigenvalue weighted by molar-refractivity contribution is -0.118. The molecular formula is C24H31Cl2N3OS2. The van der Waals surface area contributed by atoms with Gasteiger partial charge in [0.1, 0.15) is 0 Å². The monoisotopic (exact) mass is 511 g/mol. The molecule has 32 heavy (non-hydrogen) atoms. The zero-order valence-electron chi connectivity index (χ0n) is 18.8. The fourth-order valence-corrected chi connectivity index (χ4v) is 5.41. The number of carbonyl (C=O) groups is 1. The Kier molecular flexibility index (Phi) is 11.3. The normalized spacial score (nSPS) is 11.0. The molecular weight excluding hydrogens is 481 g/mol. The lowest BCUT2D eigenvalue weighted by atomic mass is 10.2. The number of likely N-dealkylation sites (N-methyl/N-ethyl adjacent to an activating group) is 1. The Morgan fingerprint density at radius 2 is 1.81 bits per heavy atom. The van der Waals surface area contributed by atoms with Crippen molar-refractivity contribution in [1.29, 1.82) is 0 Å². The maximum absolute atomic E-state index is 13.2. The Morgan fingerprint density at radius 1 is 1.09 bits per heavy atom. The van der Waals surface area contributed by atoms with Crippen molar-refractivity contribution in [3.05, 3.63) is 53.1 Å². The summed E-state index contributed by atoms with van der Waals surface area (Å²) in [5.41, 5.74) is 2.17. The largest absolute Gasteiger partial charge is 0.302 e. The van der Waals surface area contributed by atoms with Crippen LogP contribution in [0, 0.1) is 6.92 Å². The molecule has 174 valence electrons. The first-order chi connectivity index (χ1) is 15.0. The number of amides is 1. The van der Waals surface area contributed by atoms with Gasteiger partial charge in [0.05, 0.1) is 10.2 Å². The summed E-state index contributed by atoms with van der Waals surface area (Å²) >= 11 is 9.32. The molecule has 0 unspecified atom stereocenters. The first-order valence-corrected chi connectivity index (χ1v) is 13.0. The van der Waals surface area contributed by atoms with E-state index < -0.39 is 0 Å². The highest BCUT2D eigenvalue weighted by Gasteiger charge is 2.20. The van der Waals surface area contributed by atoms with Crippen LogP contribution >= 0.6 is 47.1 Å². The van der Waals surface area contributed by atoms with Crippen molar-refractivity contribution in [2.24, 2.45) is 0 Å². The van der Waals surface area contributed by atoms with Gasteiger partial charge in [-0.3, -0.25) is 9.69 Å². The molecule has 0 saturated carbocycles. The van der Waals surface area contributed by atoms with Crippen LogP contribution < -0.4 is 4.90 Å². The number of aryl methyl sites for hydroxylation is 1. The second-order valence-electron chi connectivity index (χ2n) is 7.45. The van der Waals surface area contributed by atoms with Crippen molar-refractivity contribution >= 4 is 68.4 Å². The topological polar surface area (TPSA) is 36.4 Å². The summed E-state index contributed by atoms with van der Waals surface area (Å²) in [5, 5.41) is 1.55. The van der Waals surface area contributed by atoms with Gasteiger partial charge in [-0.2, -0.15) is 0 Å². The van der Waals surface area contributed by atoms with E-state index in [0.717, 1.165) is 52.2 Å². The lowest BCUT2D eigenvalue weighted by Gasteiger charge is -2.24. The molecule has 3 rings (SSSR count). The van der Waals surface area contributed by atoms with Crippen molar-refractivity contribution in [2.75, 3.05) is 36.8 Å². The summed E-state index contributed by atoms with van der Waals surface area (Å²) < 4.78 is 1.13. The number of fused-ring (bicyclic) bond motifs is 1. The molecule has 0 atom stereocenters. The van der Waals surface area contributed by atoms with Crippen LogP contribution in [0.2, 0.25) is 5.02 Å². The molecule has 0 spiro atoms. The molecule has 0 fully saturated rings. The summed E-state index contributed by atoms with van der Waals surface area (Å²) in [6.45, 7) is 9.89. The maximum Gasteiger partial charge on any atom is 0.228 e. The Bertz CT molecular complexity index is 991. The average Bonchev–Trinajstić information content (AvgIpc) is 3.18. The Balaban J connectivity index is 0.00000363. The van der Waals surface area contributed by atoms with Crippen molar-refractivity contribution in [3.63, 3.8) is 0 Å². The van der Waals surface area contributed by atoms with E-state index >= 15 is 0 Å². The molecule has 0 radical (unpaired) electrons. The summed E-state index contributed by atoms with van der Waals surface area (Å²) in [7, 11) is 0. The predicted molar refractivity (Wildman–Crippen MR) is 143 cm³/mol. The van der Waals surface area contributed by atoms with Gasteiger partial charge >= 0.3 is 0 Å². The SMILES string of the molecule is CCN(CC)CCN(C(=O)CCCSc1ccc(Cl)cc1)c1nc2ccc(C)cc2s1.Cl. The van der Waals surface area contributed by atoms with Crippen molar-refractivity contribution in [1.82, 2.24) is 9.88 Å². The third-order valence-electron chi connectivity index (χ3n) is 5.22. The number of halogens is 2. The fraction of sp³-hybridized carbons (Fsp3) is 0.417. The number of benzene rings is 2. The van der Waals surface area contributed by atoms with Crippen LogP contribution in [0.3, 0.4) is 0 Å². The van der Waals surface area contributed by atoms with E-state index in [0.29, 0.717) is 13.0 Å². The van der Waals surface area contributed by atoms with Crippen LogP contribution in [-0.2, 0) is 4.79 Å². The van der Waals surface area contributed by atoms with Crippen molar-refractivity contribution in [3.8, 4) is 0 Å². The van der Waals surface area contributed by atoms with E-state index in [2.05, 4.69) is 37.8 Å². The van der Waals surface area contributed by atoms with Gasteiger partial charge in [0.2, 0.25) is 5.91 Å². The Hall–Kier alpha value is -1.31. The molecule has 1 aromatic heterocycles. The molecule has 4 nitrogen and oxygen atoms in total. The molecule has 3 aromatic rings. The third kappa shape index (κ3) is 7.63. The molecule has 1 heterocycles. The zero-order chi connectivity index (χ0) is 22.2. The van der Waals surface area contributed by atoms with Gasteiger partial charge in [-0.25, -0.2) is 4.98 Å². The summed E-state index contributed by atoms with van der Waals surface area (Å²) in [6.07, 6.45) is 1.35. The number of anilines is 1. The molecule has 0 N–H and O–H groups in total. The van der Waals surface area contributed by atoms with E-state index in [4.69, 9.17) is 16.6 Å². The molecule has 0 aliphatic rings. The third-order valence-corrected chi connectivity index (χ3v) is 7.61. The van der Waals surface area contributed by atoms with Gasteiger partial charge in [0, 0.05) is 29.4 Å². The highest BCUT2D eigenvalue weighted by molar-refractivity contribution is 7.99. The van der Waals surface area contributed by atoms with E-state index in [9.17, 15) is 4.79 Å². The van der Waals surface area contributed by atoms with Crippen LogP contribution in [0.1, 0.15) is 32.3 Å². The van der Waals surface area contributed by atoms with Crippen LogP contribution in [0.25, 0.3) is 10.2 Å². The number of nitrogens with zero attached hydrogens (tertiary/aromatic N) is 3. The zero-order valence-corrected chi connectivity index (χ0v) is 22.0. The molecule has 8 heteroatoms. The minimum absolute atomic E-state index is 0. The number of thiazole rings is 1. The van der Waals surface area contributed by atoms with E-state index in [1.165, 1.54) is 10.5 Å². The van der Waals surface area contributed by atoms with Gasteiger partial charge in [0.25, 0.3) is 0 Å². The van der Waals surface area contributed by atoms with Crippen LogP contribution in [0.5, 0.6) is 0 Å². The minimum Gasteiger partial charge on any atom is -0.302 e. The quantitative estimate of drug-likeness (QED) is 0.206. The second kappa shape index (κ2) is 13.4. The number of thioether (sulfide) groups is 1. The van der Waals surface area contributed by atoms with E-state index in [-0.39, 0.29) is 18.3 Å². The van der Waals surface area contributed by atoms with Gasteiger partial charge in [-0.05, 0) is 74.1 Å². The standard InChI is InChI=1S/C24H30ClN3OS2.ClH/c1-4-27(5-2)14-15-28(24-26-21-13-8-18(3)17-22(21)31-24)23(29)7-6-16-30-20-11-9-19(25)10-12-20;/h8-13,17H,4-7,14-16H2,1-3H3;1H. The molecule has 0 bridgehead atoms. The number of hydrogen-bond acceptors (Lipinski definition) is 5. The summed E-state index contributed by atoms with van der Waals surface area (Å²) in [6, 6.07) is 14.1. The molecule has 0 saturated heterocycles. The van der Waals surface area contributed by atoms with E-state index in [1.807, 2.05) is 35.2 Å². The predicted octanol–water partition coefficient (Wildman–Crippen LogP) is 6.93. The molecule has 1 amide bonds. The van der Waals surface area contributed by atoms with Gasteiger partial charge in [-0.1, -0.05) is 42.9 Å². The van der Waals surface area contributed by atoms with Gasteiger partial charge in [0.15, 0.2) is 5.13 Å². The number of aromatic nitrogens is 1. The average molecular weight is 513 g/mol. The number of rotatable bonds is 11. The smallest absolute Gasteiger partial charge is 0.228 e. The van der Waals surface area contributed by atoms with Gasteiger partial charge < -0.3 is 4.90 Å². The molecule has 0 aliphatic carbocycles. The first kappa shape index (κ1) is 26.9. The molecule has 2 aromatic carbocycles. The number of carbonyl (C=O) groups excluding carboxylic acids is 1. The van der Waals surface area contributed by atoms with Gasteiger partial charge in [-0.15, -0.1) is 24.2 Å². The lowest BCUT2D eigenvalue weighted by Crippen LogP contribution is -2.38. The maximum atomic E-state index is 13.2. The van der Waals surface area contributed by atoms with Crippen LogP contribution in [0.4, 0.5) is 5.13 Å². The highest BCUT2D eigenvalue weighted by Crippen LogP contribution is 2.30. The summed E-state index contributed by atoms with van der Waals surface area (Å²) in [4.78, 5) is 23.4. The van der Waals surface area contributed by atoms with Crippen molar-refractivity contribution in [2.45, 2.75) is 38.5 Å². The Labute approximate surface area is 210 Å². The Morgan fingerprint density at radius 3 is 2.50 bits per heavy atom. The second-order valence-corrected chi connectivity index (χ2v) is 10.1. The highest BCUT2D eigenvalue weighted by atomic mass is 35.5. The van der Waals surface area contributed by atoms with Crippen LogP contribution in [0.15, 0.2) is 47.4 Å². The van der Waals surface area contributed by atoms with E-state index in [1.54, 1.807) is 23.1 Å².